The molecule has 0 aliphatic heterocycles. The molecule has 0 bridgehead atoms. The first-order valence-electron chi connectivity index (χ1n) is 7.90. The molecule has 158 valence electrons. The highest BCUT2D eigenvalue weighted by atomic mass is 16.4. The van der Waals surface area contributed by atoms with Gasteiger partial charge >= 0.3 is 11.9 Å². The Hall–Kier alpha value is -3.26. The van der Waals surface area contributed by atoms with Crippen LogP contribution in [0.1, 0.15) is 19.8 Å². The maximum Gasteiger partial charge on any atom is 0.326 e. The Balaban J connectivity index is 5.37. The van der Waals surface area contributed by atoms with Crippen LogP contribution in [0.3, 0.4) is 0 Å². The van der Waals surface area contributed by atoms with Crippen molar-refractivity contribution in [2.75, 3.05) is 6.54 Å². The number of amides is 4. The maximum atomic E-state index is 12.2. The summed E-state index contributed by atoms with van der Waals surface area (Å²) in [6.45, 7) is 0.656. The molecular weight excluding hydrogens is 382 g/mol. The molecule has 0 spiro atoms. The number of aliphatic hydroxyl groups excluding tert-OH is 1. The Morgan fingerprint density at radius 2 is 1.43 bits per heavy atom. The highest BCUT2D eigenvalue weighted by Gasteiger charge is 2.32. The number of rotatable bonds is 12. The minimum absolute atomic E-state index is 0.497. The highest BCUT2D eigenvalue weighted by Crippen LogP contribution is 2.01. The van der Waals surface area contributed by atoms with E-state index in [4.69, 9.17) is 21.7 Å². The molecular formula is C14H23N5O9. The predicted molar refractivity (Wildman–Crippen MR) is 90.2 cm³/mol. The number of carboxylic acid groups (broad SMARTS) is 2. The van der Waals surface area contributed by atoms with Gasteiger partial charge in [-0.15, -0.1) is 0 Å². The summed E-state index contributed by atoms with van der Waals surface area (Å²) in [6, 6.07) is -5.07. The quantitative estimate of drug-likeness (QED) is 0.154. The number of hydrogen-bond acceptors (Lipinski definition) is 8. The zero-order chi connectivity index (χ0) is 22.0. The molecule has 0 aromatic rings. The third kappa shape index (κ3) is 8.91. The van der Waals surface area contributed by atoms with E-state index in [0.717, 1.165) is 6.92 Å². The minimum Gasteiger partial charge on any atom is -0.481 e. The van der Waals surface area contributed by atoms with Gasteiger partial charge in [0.15, 0.2) is 0 Å². The molecule has 0 aliphatic rings. The SMILES string of the molecule is CC(O)C(NC(=O)CN)C(=O)NC(CC(=O)O)C(=O)NC(CC(N)=O)C(=O)O. The second-order valence-electron chi connectivity index (χ2n) is 5.72. The summed E-state index contributed by atoms with van der Waals surface area (Å²) in [4.78, 5) is 68.7. The molecule has 4 amide bonds. The number of hydrogen-bond donors (Lipinski definition) is 8. The lowest BCUT2D eigenvalue weighted by Gasteiger charge is -2.24. The van der Waals surface area contributed by atoms with Gasteiger partial charge in [0.05, 0.1) is 25.5 Å². The fraction of sp³-hybridized carbons (Fsp3) is 0.571. The molecule has 4 atom stereocenters. The second kappa shape index (κ2) is 11.5. The minimum atomic E-state index is -1.77. The van der Waals surface area contributed by atoms with E-state index in [1.807, 2.05) is 10.6 Å². The molecule has 0 heterocycles. The van der Waals surface area contributed by atoms with Crippen molar-refractivity contribution in [3.63, 3.8) is 0 Å². The van der Waals surface area contributed by atoms with E-state index in [1.165, 1.54) is 0 Å². The van der Waals surface area contributed by atoms with Crippen LogP contribution in [-0.4, -0.2) is 81.7 Å². The average molecular weight is 405 g/mol. The van der Waals surface area contributed by atoms with Crippen molar-refractivity contribution in [1.29, 1.82) is 0 Å². The van der Waals surface area contributed by atoms with Crippen LogP contribution in [0.2, 0.25) is 0 Å². The van der Waals surface area contributed by atoms with Crippen LogP contribution in [0.25, 0.3) is 0 Å². The molecule has 0 rings (SSSR count). The van der Waals surface area contributed by atoms with Crippen LogP contribution in [0.4, 0.5) is 0 Å². The van der Waals surface area contributed by atoms with Crippen LogP contribution in [0.15, 0.2) is 0 Å². The predicted octanol–water partition coefficient (Wildman–Crippen LogP) is -4.78. The number of carboxylic acids is 2. The molecule has 4 unspecified atom stereocenters. The van der Waals surface area contributed by atoms with Crippen molar-refractivity contribution >= 4 is 35.6 Å². The molecule has 14 heteroatoms. The molecule has 28 heavy (non-hydrogen) atoms. The van der Waals surface area contributed by atoms with Crippen molar-refractivity contribution in [1.82, 2.24) is 16.0 Å². The van der Waals surface area contributed by atoms with Gasteiger partial charge in [0, 0.05) is 0 Å². The van der Waals surface area contributed by atoms with Gasteiger partial charge in [-0.05, 0) is 6.92 Å². The number of aliphatic hydroxyl groups is 1. The van der Waals surface area contributed by atoms with Crippen molar-refractivity contribution in [3.05, 3.63) is 0 Å². The lowest BCUT2D eigenvalue weighted by molar-refractivity contribution is -0.145. The molecule has 14 nitrogen and oxygen atoms in total. The van der Waals surface area contributed by atoms with Crippen LogP contribution >= 0.6 is 0 Å². The summed E-state index contributed by atoms with van der Waals surface area (Å²) < 4.78 is 0. The van der Waals surface area contributed by atoms with Gasteiger partial charge in [0.1, 0.15) is 18.1 Å². The standard InChI is InChI=1S/C14H23N5O9/c1-5(20)11(19-9(22)4-15)13(26)17-6(3-10(23)24)12(25)18-7(14(27)28)2-8(16)21/h5-7,11,20H,2-4,15H2,1H3,(H2,16,21)(H,17,26)(H,18,25)(H,19,22)(H,23,24)(H,27,28). The third-order valence-corrected chi connectivity index (χ3v) is 3.30. The molecule has 0 saturated heterocycles. The monoisotopic (exact) mass is 405 g/mol. The van der Waals surface area contributed by atoms with Gasteiger partial charge in [-0.3, -0.25) is 24.0 Å². The summed E-state index contributed by atoms with van der Waals surface area (Å²) in [5.74, 6) is -7.29. The maximum absolute atomic E-state index is 12.2. The van der Waals surface area contributed by atoms with Crippen molar-refractivity contribution in [3.8, 4) is 0 Å². The van der Waals surface area contributed by atoms with Crippen molar-refractivity contribution in [2.24, 2.45) is 11.5 Å². The summed E-state index contributed by atoms with van der Waals surface area (Å²) in [7, 11) is 0. The van der Waals surface area contributed by atoms with Crippen LogP contribution in [0.5, 0.6) is 0 Å². The van der Waals surface area contributed by atoms with Crippen molar-refractivity contribution < 1.29 is 44.1 Å². The Morgan fingerprint density at radius 1 is 0.893 bits per heavy atom. The first kappa shape index (κ1) is 24.7. The molecule has 0 aromatic carbocycles. The van der Waals surface area contributed by atoms with Crippen LogP contribution < -0.4 is 27.4 Å². The number of primary amides is 1. The Labute approximate surface area is 158 Å². The fourth-order valence-corrected chi connectivity index (χ4v) is 1.96. The lowest BCUT2D eigenvalue weighted by Crippen LogP contribution is -2.59. The summed E-state index contributed by atoms with van der Waals surface area (Å²) >= 11 is 0. The average Bonchev–Trinajstić information content (AvgIpc) is 2.56. The zero-order valence-electron chi connectivity index (χ0n) is 14.9. The van der Waals surface area contributed by atoms with Crippen LogP contribution in [0, 0.1) is 0 Å². The zero-order valence-corrected chi connectivity index (χ0v) is 14.9. The smallest absolute Gasteiger partial charge is 0.326 e. The topological polar surface area (TPSA) is 251 Å². The van der Waals surface area contributed by atoms with Gasteiger partial charge in [-0.25, -0.2) is 4.79 Å². The molecule has 10 N–H and O–H groups in total. The van der Waals surface area contributed by atoms with Crippen molar-refractivity contribution in [2.45, 2.75) is 44.0 Å². The lowest BCUT2D eigenvalue weighted by atomic mass is 10.1. The van der Waals surface area contributed by atoms with E-state index in [-0.39, 0.29) is 0 Å². The molecule has 0 saturated carbocycles. The van der Waals surface area contributed by atoms with Gasteiger partial charge in [0.2, 0.25) is 23.6 Å². The Bertz CT molecular complexity index is 637. The number of carbonyl (C=O) groups excluding carboxylic acids is 4. The molecule has 0 radical (unpaired) electrons. The van der Waals surface area contributed by atoms with Gasteiger partial charge in [-0.2, -0.15) is 0 Å². The molecule has 0 fully saturated rings. The fourth-order valence-electron chi connectivity index (χ4n) is 1.96. The number of nitrogens with two attached hydrogens (primary N) is 2. The number of nitrogens with one attached hydrogen (secondary N) is 3. The normalized spacial score (nSPS) is 14.7. The van der Waals surface area contributed by atoms with E-state index in [1.54, 1.807) is 0 Å². The summed E-state index contributed by atoms with van der Waals surface area (Å²) in [6.07, 6.45) is -3.14. The van der Waals surface area contributed by atoms with E-state index >= 15 is 0 Å². The summed E-state index contributed by atoms with van der Waals surface area (Å²) in [5.41, 5.74) is 9.98. The van der Waals surface area contributed by atoms with Gasteiger partial charge in [0.25, 0.3) is 0 Å². The van der Waals surface area contributed by atoms with E-state index in [0.29, 0.717) is 0 Å². The molecule has 0 aromatic heterocycles. The van der Waals surface area contributed by atoms with Gasteiger partial charge < -0.3 is 42.7 Å². The Kier molecular flexibility index (Phi) is 10.1. The number of carbonyl (C=O) groups is 6. The molecule has 0 aliphatic carbocycles. The number of aliphatic carboxylic acids is 2. The first-order valence-corrected chi connectivity index (χ1v) is 7.90. The van der Waals surface area contributed by atoms with E-state index in [9.17, 15) is 33.9 Å². The largest absolute Gasteiger partial charge is 0.481 e. The third-order valence-electron chi connectivity index (χ3n) is 3.30. The van der Waals surface area contributed by atoms with Crippen LogP contribution in [-0.2, 0) is 28.8 Å². The Morgan fingerprint density at radius 3 is 1.82 bits per heavy atom. The highest BCUT2D eigenvalue weighted by molar-refractivity contribution is 5.96. The van der Waals surface area contributed by atoms with E-state index in [2.05, 4.69) is 5.32 Å². The first-order chi connectivity index (χ1) is 12.9. The van der Waals surface area contributed by atoms with E-state index < -0.39 is 79.2 Å². The summed E-state index contributed by atoms with van der Waals surface area (Å²) in [5, 5.41) is 33.5. The van der Waals surface area contributed by atoms with Gasteiger partial charge in [-0.1, -0.05) is 0 Å². The second-order valence-corrected chi connectivity index (χ2v) is 5.72.